The zero-order chi connectivity index (χ0) is 24.3. The smallest absolute Gasteiger partial charge is 0.416 e. The van der Waals surface area contributed by atoms with Crippen LogP contribution in [0.3, 0.4) is 0 Å². The summed E-state index contributed by atoms with van der Waals surface area (Å²) < 4.78 is 49.5. The molecule has 2 heterocycles. The van der Waals surface area contributed by atoms with Crippen molar-refractivity contribution in [2.75, 3.05) is 0 Å². The fourth-order valence-electron chi connectivity index (χ4n) is 3.36. The lowest BCUT2D eigenvalue weighted by atomic mass is 9.95. The van der Waals surface area contributed by atoms with E-state index in [4.69, 9.17) is 9.15 Å². The van der Waals surface area contributed by atoms with E-state index in [0.29, 0.717) is 22.2 Å². The average Bonchev–Trinajstić information content (AvgIpc) is 3.46. The maximum atomic E-state index is 12.8. The van der Waals surface area contributed by atoms with Crippen LogP contribution in [0.1, 0.15) is 39.9 Å². The number of aliphatic carboxylic acids is 1. The first-order valence-corrected chi connectivity index (χ1v) is 11.0. The number of halogens is 3. The summed E-state index contributed by atoms with van der Waals surface area (Å²) in [6, 6.07) is 11.9. The van der Waals surface area contributed by atoms with Crippen molar-refractivity contribution in [1.29, 1.82) is 0 Å². The van der Waals surface area contributed by atoms with Gasteiger partial charge in [0.05, 0.1) is 34.7 Å². The minimum absolute atomic E-state index is 0.159. The van der Waals surface area contributed by atoms with Crippen LogP contribution in [0.25, 0.3) is 10.6 Å². The molecule has 2 aromatic heterocycles. The molecule has 0 saturated carbocycles. The summed E-state index contributed by atoms with van der Waals surface area (Å²) in [6.45, 7) is 2.06. The van der Waals surface area contributed by atoms with Gasteiger partial charge in [-0.1, -0.05) is 24.3 Å². The molecule has 10 heteroatoms. The van der Waals surface area contributed by atoms with E-state index >= 15 is 0 Å². The van der Waals surface area contributed by atoms with Crippen LogP contribution in [-0.2, 0) is 17.6 Å². The van der Waals surface area contributed by atoms with Crippen LogP contribution in [0.2, 0.25) is 0 Å². The van der Waals surface area contributed by atoms with Gasteiger partial charge in [-0.2, -0.15) is 13.2 Å². The quantitative estimate of drug-likeness (QED) is 0.313. The molecular formula is C24H19F3N2O4S. The molecular weight excluding hydrogens is 469 g/mol. The van der Waals surface area contributed by atoms with Crippen molar-refractivity contribution in [3.63, 3.8) is 0 Å². The van der Waals surface area contributed by atoms with Gasteiger partial charge in [0.15, 0.2) is 0 Å². The van der Waals surface area contributed by atoms with Crippen molar-refractivity contribution in [3.8, 4) is 16.3 Å². The number of hydrogen-bond donors (Lipinski definition) is 1. The molecule has 0 amide bonds. The molecule has 0 saturated heterocycles. The third-order valence-corrected chi connectivity index (χ3v) is 6.31. The predicted molar refractivity (Wildman–Crippen MR) is 119 cm³/mol. The first kappa shape index (κ1) is 23.5. The molecule has 0 spiro atoms. The predicted octanol–water partition coefficient (Wildman–Crippen LogP) is 6.31. The number of alkyl halides is 3. The number of thiazole rings is 1. The molecule has 0 bridgehead atoms. The summed E-state index contributed by atoms with van der Waals surface area (Å²) in [5.74, 6) is -0.578. The lowest BCUT2D eigenvalue weighted by Gasteiger charge is -2.12. The number of rotatable bonds is 8. The Morgan fingerprint density at radius 3 is 2.44 bits per heavy atom. The molecule has 0 radical (unpaired) electrons. The molecule has 1 unspecified atom stereocenters. The lowest BCUT2D eigenvalue weighted by Crippen LogP contribution is -2.08. The number of nitrogens with zero attached hydrogens (tertiary/aromatic N) is 2. The van der Waals surface area contributed by atoms with Crippen LogP contribution in [-0.4, -0.2) is 21.0 Å². The molecule has 2 aromatic carbocycles. The number of carboxylic acids is 1. The molecule has 0 fully saturated rings. The van der Waals surface area contributed by atoms with Gasteiger partial charge >= 0.3 is 12.1 Å². The number of aryl methyl sites for hydroxylation is 1. The molecule has 176 valence electrons. The monoisotopic (exact) mass is 488 g/mol. The fourth-order valence-corrected chi connectivity index (χ4v) is 4.34. The lowest BCUT2D eigenvalue weighted by molar-refractivity contribution is -0.138. The van der Waals surface area contributed by atoms with E-state index in [-0.39, 0.29) is 13.0 Å². The number of carboxylic acid groups (broad SMARTS) is 1. The van der Waals surface area contributed by atoms with Crippen molar-refractivity contribution in [2.24, 2.45) is 0 Å². The molecule has 0 aliphatic heterocycles. The molecule has 0 aliphatic carbocycles. The zero-order valence-electron chi connectivity index (χ0n) is 17.9. The third-order valence-electron chi connectivity index (χ3n) is 5.13. The highest BCUT2D eigenvalue weighted by atomic mass is 32.1. The summed E-state index contributed by atoms with van der Waals surface area (Å²) in [4.78, 5) is 20.6. The first-order chi connectivity index (χ1) is 16.2. The van der Waals surface area contributed by atoms with Crippen LogP contribution < -0.4 is 4.74 Å². The molecule has 1 N–H and O–H groups in total. The summed E-state index contributed by atoms with van der Waals surface area (Å²) in [6.07, 6.45) is -1.67. The highest BCUT2D eigenvalue weighted by Gasteiger charge is 2.30. The van der Waals surface area contributed by atoms with Gasteiger partial charge in [-0.05, 0) is 36.8 Å². The van der Waals surface area contributed by atoms with E-state index in [2.05, 4.69) is 9.97 Å². The summed E-state index contributed by atoms with van der Waals surface area (Å²) in [5, 5.41) is 9.83. The van der Waals surface area contributed by atoms with Gasteiger partial charge < -0.3 is 14.3 Å². The molecule has 6 nitrogen and oxygen atoms in total. The Hall–Kier alpha value is -3.66. The highest BCUT2D eigenvalue weighted by molar-refractivity contribution is 7.15. The van der Waals surface area contributed by atoms with Gasteiger partial charge in [0.25, 0.3) is 0 Å². The van der Waals surface area contributed by atoms with E-state index < -0.39 is 23.6 Å². The first-order valence-electron chi connectivity index (χ1n) is 10.2. The van der Waals surface area contributed by atoms with Gasteiger partial charge in [-0.25, -0.2) is 9.97 Å². The van der Waals surface area contributed by atoms with Gasteiger partial charge in [-0.15, -0.1) is 11.3 Å². The minimum atomic E-state index is -4.38. The standard InChI is InChI=1S/C24H19F3N2O4S/c1-14-20(34-23(29-14)16-2-6-17(7-3-16)24(25,26)27)13-33-18-8-4-15(5-9-18)19(12-21(30)31)22-28-10-11-32-22/h2-11,19H,12-13H2,1H3,(H,30,31). The Balaban J connectivity index is 1.44. The summed E-state index contributed by atoms with van der Waals surface area (Å²) >= 11 is 1.36. The Kier molecular flexibility index (Phi) is 6.69. The summed E-state index contributed by atoms with van der Waals surface area (Å²) in [7, 11) is 0. The van der Waals surface area contributed by atoms with Crippen LogP contribution in [0, 0.1) is 6.92 Å². The Morgan fingerprint density at radius 2 is 1.85 bits per heavy atom. The van der Waals surface area contributed by atoms with Gasteiger partial charge in [0, 0.05) is 5.56 Å². The fraction of sp³-hybridized carbons (Fsp3) is 0.208. The number of aromatic nitrogens is 2. The van der Waals surface area contributed by atoms with Crippen molar-refractivity contribution in [3.05, 3.63) is 88.6 Å². The van der Waals surface area contributed by atoms with E-state index in [0.717, 1.165) is 28.3 Å². The number of carbonyl (C=O) groups is 1. The van der Waals surface area contributed by atoms with Crippen molar-refractivity contribution in [2.45, 2.75) is 32.0 Å². The molecule has 0 aliphatic rings. The number of hydrogen-bond acceptors (Lipinski definition) is 6. The molecule has 4 aromatic rings. The Bertz CT molecular complexity index is 1250. The average molecular weight is 488 g/mol. The Morgan fingerprint density at radius 1 is 1.15 bits per heavy atom. The highest BCUT2D eigenvalue weighted by Crippen LogP contribution is 2.34. The van der Waals surface area contributed by atoms with Crippen molar-refractivity contribution < 1.29 is 32.2 Å². The third kappa shape index (κ3) is 5.45. The number of oxazole rings is 1. The van der Waals surface area contributed by atoms with Crippen molar-refractivity contribution >= 4 is 17.3 Å². The second-order valence-electron chi connectivity index (χ2n) is 7.48. The van der Waals surface area contributed by atoms with Crippen molar-refractivity contribution in [1.82, 2.24) is 9.97 Å². The molecule has 1 atom stereocenters. The topological polar surface area (TPSA) is 85.5 Å². The number of ether oxygens (including phenoxy) is 1. The largest absolute Gasteiger partial charge is 0.488 e. The second-order valence-corrected chi connectivity index (χ2v) is 8.56. The van der Waals surface area contributed by atoms with Crippen LogP contribution in [0.5, 0.6) is 5.75 Å². The van der Waals surface area contributed by atoms with Crippen LogP contribution in [0.15, 0.2) is 65.4 Å². The van der Waals surface area contributed by atoms with E-state index in [9.17, 15) is 23.1 Å². The van der Waals surface area contributed by atoms with Gasteiger partial charge in [0.2, 0.25) is 5.89 Å². The van der Waals surface area contributed by atoms with E-state index in [1.54, 1.807) is 24.3 Å². The van der Waals surface area contributed by atoms with Crippen LogP contribution in [0.4, 0.5) is 13.2 Å². The number of benzene rings is 2. The zero-order valence-corrected chi connectivity index (χ0v) is 18.7. The normalized spacial score (nSPS) is 12.5. The van der Waals surface area contributed by atoms with Gasteiger partial charge in [-0.3, -0.25) is 4.79 Å². The SMILES string of the molecule is Cc1nc(-c2ccc(C(F)(F)F)cc2)sc1COc1ccc(C(CC(=O)O)c2ncco2)cc1. The van der Waals surface area contributed by atoms with E-state index in [1.165, 1.54) is 35.9 Å². The summed E-state index contributed by atoms with van der Waals surface area (Å²) in [5.41, 5.74) is 1.37. The van der Waals surface area contributed by atoms with Crippen LogP contribution >= 0.6 is 11.3 Å². The molecule has 4 rings (SSSR count). The Labute approximate surface area is 196 Å². The van der Waals surface area contributed by atoms with Gasteiger partial charge in [0.1, 0.15) is 23.6 Å². The molecule has 34 heavy (non-hydrogen) atoms. The second kappa shape index (κ2) is 9.68. The maximum Gasteiger partial charge on any atom is 0.416 e. The van der Waals surface area contributed by atoms with E-state index in [1.807, 2.05) is 6.92 Å². The maximum absolute atomic E-state index is 12.8. The minimum Gasteiger partial charge on any atom is -0.488 e.